The van der Waals surface area contributed by atoms with Gasteiger partial charge in [-0.05, 0) is 42.7 Å². The molecular formula is C21H22BN2O+. The van der Waals surface area contributed by atoms with E-state index >= 15 is 0 Å². The number of methoxy groups -OCH3 is 1. The Bertz CT molecular complexity index is 866. The Morgan fingerprint density at radius 1 is 1.04 bits per heavy atom. The minimum atomic E-state index is 0.812. The van der Waals surface area contributed by atoms with Crippen LogP contribution in [0.2, 0.25) is 0 Å². The molecule has 1 aliphatic rings. The van der Waals surface area contributed by atoms with E-state index in [1.54, 1.807) is 7.11 Å². The van der Waals surface area contributed by atoms with Crippen LogP contribution >= 0.6 is 0 Å². The molecule has 0 bridgehead atoms. The van der Waals surface area contributed by atoms with Gasteiger partial charge < -0.3 is 4.74 Å². The summed E-state index contributed by atoms with van der Waals surface area (Å²) in [6.45, 7) is 1.97. The number of hydrogen-bond donors (Lipinski definition) is 0. The maximum Gasteiger partial charge on any atom is 0.257 e. The average molecular weight is 329 g/mol. The molecule has 4 rings (SSSR count). The van der Waals surface area contributed by atoms with Gasteiger partial charge in [-0.1, -0.05) is 29.7 Å². The molecule has 3 aromatic rings. The number of aromatic nitrogens is 2. The molecule has 2 radical (unpaired) electrons. The minimum Gasteiger partial charge on any atom is -0.497 e. The smallest absolute Gasteiger partial charge is 0.257 e. The number of rotatable bonds is 4. The van der Waals surface area contributed by atoms with E-state index in [4.69, 9.17) is 12.6 Å². The first-order valence-electron chi connectivity index (χ1n) is 8.85. The van der Waals surface area contributed by atoms with Gasteiger partial charge in [-0.25, -0.2) is 9.13 Å². The molecule has 1 aromatic heterocycles. The first-order chi connectivity index (χ1) is 12.2. The Labute approximate surface area is 150 Å². The standard InChI is InChI=1S/C21H22BN2O/c1-25-19-11-7-17(8-12-19)20-15-23(21-4-2-3-13-24(20)21)14-16-5-9-18(22)10-6-16/h5-12,15H,2-4,13-14H2,1H3/q+1. The predicted molar refractivity (Wildman–Crippen MR) is 100 cm³/mol. The summed E-state index contributed by atoms with van der Waals surface area (Å²) in [4.78, 5) is 0. The largest absolute Gasteiger partial charge is 0.497 e. The molecule has 0 amide bonds. The third-order valence-corrected chi connectivity index (χ3v) is 4.96. The fourth-order valence-electron chi connectivity index (χ4n) is 3.62. The SMILES string of the molecule is [B]c1ccc(C[n+]2cc(-c3ccc(OC)cc3)n3c2CCCC3)cc1. The number of hydrogen-bond acceptors (Lipinski definition) is 1. The van der Waals surface area contributed by atoms with Crippen molar-refractivity contribution in [2.24, 2.45) is 0 Å². The molecule has 124 valence electrons. The van der Waals surface area contributed by atoms with Gasteiger partial charge in [-0.2, -0.15) is 0 Å². The highest BCUT2D eigenvalue weighted by atomic mass is 16.5. The van der Waals surface area contributed by atoms with E-state index in [1.165, 1.54) is 35.5 Å². The summed E-state index contributed by atoms with van der Waals surface area (Å²) < 4.78 is 10.2. The third kappa shape index (κ3) is 3.21. The summed E-state index contributed by atoms with van der Waals surface area (Å²) in [5.74, 6) is 2.30. The summed E-state index contributed by atoms with van der Waals surface area (Å²) in [7, 11) is 7.52. The molecule has 25 heavy (non-hydrogen) atoms. The Balaban J connectivity index is 1.72. The lowest BCUT2D eigenvalue weighted by Crippen LogP contribution is -2.38. The highest BCUT2D eigenvalue weighted by Crippen LogP contribution is 2.26. The maximum absolute atomic E-state index is 5.81. The molecule has 0 fully saturated rings. The van der Waals surface area contributed by atoms with E-state index in [-0.39, 0.29) is 0 Å². The van der Waals surface area contributed by atoms with Crippen LogP contribution < -0.4 is 14.8 Å². The monoisotopic (exact) mass is 329 g/mol. The second kappa shape index (κ2) is 6.79. The van der Waals surface area contributed by atoms with Gasteiger partial charge in [-0.3, -0.25) is 0 Å². The van der Waals surface area contributed by atoms with Gasteiger partial charge in [0.1, 0.15) is 26.3 Å². The zero-order valence-corrected chi connectivity index (χ0v) is 14.6. The van der Waals surface area contributed by atoms with Gasteiger partial charge in [0.05, 0.1) is 13.7 Å². The normalized spacial score (nSPS) is 13.5. The van der Waals surface area contributed by atoms with Crippen molar-refractivity contribution in [3.05, 3.63) is 66.1 Å². The topological polar surface area (TPSA) is 18.0 Å². The molecule has 0 saturated heterocycles. The van der Waals surface area contributed by atoms with Crippen molar-refractivity contribution in [2.45, 2.75) is 32.4 Å². The van der Waals surface area contributed by atoms with Crippen LogP contribution in [0.4, 0.5) is 0 Å². The molecular weight excluding hydrogens is 307 g/mol. The molecule has 4 heteroatoms. The van der Waals surface area contributed by atoms with Crippen LogP contribution in [-0.4, -0.2) is 19.5 Å². The van der Waals surface area contributed by atoms with Crippen molar-refractivity contribution < 1.29 is 9.30 Å². The first kappa shape index (κ1) is 16.0. The Hall–Kier alpha value is -2.49. The van der Waals surface area contributed by atoms with Crippen LogP contribution in [-0.2, 0) is 19.5 Å². The molecule has 0 aliphatic carbocycles. The second-order valence-corrected chi connectivity index (χ2v) is 6.64. The quantitative estimate of drug-likeness (QED) is 0.532. The minimum absolute atomic E-state index is 0.812. The first-order valence-corrected chi connectivity index (χ1v) is 8.85. The molecule has 3 nitrogen and oxygen atoms in total. The lowest BCUT2D eigenvalue weighted by Gasteiger charge is -2.11. The van der Waals surface area contributed by atoms with E-state index in [1.807, 2.05) is 24.3 Å². The van der Waals surface area contributed by atoms with Crippen molar-refractivity contribution in [3.63, 3.8) is 0 Å². The van der Waals surface area contributed by atoms with E-state index in [0.717, 1.165) is 30.7 Å². The molecule has 2 heterocycles. The summed E-state index contributed by atoms with van der Waals surface area (Å²) in [5.41, 5.74) is 4.61. The third-order valence-electron chi connectivity index (χ3n) is 4.96. The van der Waals surface area contributed by atoms with Crippen molar-refractivity contribution >= 4 is 13.3 Å². The Kier molecular flexibility index (Phi) is 4.35. The van der Waals surface area contributed by atoms with E-state index in [9.17, 15) is 0 Å². The molecule has 0 spiro atoms. The lowest BCUT2D eigenvalue weighted by atomic mass is 9.95. The van der Waals surface area contributed by atoms with Crippen LogP contribution in [0.25, 0.3) is 11.3 Å². The van der Waals surface area contributed by atoms with Gasteiger partial charge in [0.25, 0.3) is 5.82 Å². The van der Waals surface area contributed by atoms with Gasteiger partial charge in [-0.15, -0.1) is 0 Å². The molecule has 1 aliphatic heterocycles. The van der Waals surface area contributed by atoms with Crippen LogP contribution in [0, 0.1) is 0 Å². The molecule has 0 saturated carbocycles. The summed E-state index contributed by atoms with van der Waals surface area (Å²) in [6, 6.07) is 16.5. The molecule has 0 unspecified atom stereocenters. The van der Waals surface area contributed by atoms with Crippen molar-refractivity contribution in [3.8, 4) is 17.0 Å². The van der Waals surface area contributed by atoms with Gasteiger partial charge in [0, 0.05) is 12.0 Å². The number of benzene rings is 2. The van der Waals surface area contributed by atoms with Crippen LogP contribution in [0.5, 0.6) is 5.75 Å². The van der Waals surface area contributed by atoms with E-state index in [0.29, 0.717) is 0 Å². The number of nitrogens with zero attached hydrogens (tertiary/aromatic N) is 2. The molecule has 2 aromatic carbocycles. The average Bonchev–Trinajstić information content (AvgIpc) is 3.02. The summed E-state index contributed by atoms with van der Waals surface area (Å²) in [5, 5.41) is 0. The van der Waals surface area contributed by atoms with Gasteiger partial charge >= 0.3 is 0 Å². The van der Waals surface area contributed by atoms with Crippen LogP contribution in [0.1, 0.15) is 24.2 Å². The van der Waals surface area contributed by atoms with Crippen LogP contribution in [0.15, 0.2) is 54.7 Å². The Morgan fingerprint density at radius 2 is 1.80 bits per heavy atom. The predicted octanol–water partition coefficient (Wildman–Crippen LogP) is 2.63. The van der Waals surface area contributed by atoms with E-state index in [2.05, 4.69) is 39.6 Å². The van der Waals surface area contributed by atoms with Crippen molar-refractivity contribution in [1.82, 2.24) is 4.57 Å². The van der Waals surface area contributed by atoms with Crippen molar-refractivity contribution in [2.75, 3.05) is 7.11 Å². The molecule has 0 N–H and O–H groups in total. The second-order valence-electron chi connectivity index (χ2n) is 6.64. The highest BCUT2D eigenvalue weighted by Gasteiger charge is 2.26. The van der Waals surface area contributed by atoms with E-state index < -0.39 is 0 Å². The fraction of sp³-hybridized carbons (Fsp3) is 0.286. The Morgan fingerprint density at radius 3 is 2.52 bits per heavy atom. The summed E-state index contributed by atoms with van der Waals surface area (Å²) >= 11 is 0. The lowest BCUT2D eigenvalue weighted by molar-refractivity contribution is -0.695. The van der Waals surface area contributed by atoms with Crippen LogP contribution in [0.3, 0.4) is 0 Å². The zero-order chi connectivity index (χ0) is 17.2. The number of imidazole rings is 1. The summed E-state index contributed by atoms with van der Waals surface area (Å²) in [6.07, 6.45) is 5.92. The van der Waals surface area contributed by atoms with Gasteiger partial charge in [0.2, 0.25) is 0 Å². The fourth-order valence-corrected chi connectivity index (χ4v) is 3.62. The number of ether oxygens (including phenoxy) is 1. The maximum atomic E-state index is 5.81. The zero-order valence-electron chi connectivity index (χ0n) is 14.6. The highest BCUT2D eigenvalue weighted by molar-refractivity contribution is 6.32. The molecule has 0 atom stereocenters. The number of fused-ring (bicyclic) bond motifs is 1. The van der Waals surface area contributed by atoms with Gasteiger partial charge in [0.15, 0.2) is 5.69 Å². The van der Waals surface area contributed by atoms with Crippen molar-refractivity contribution in [1.29, 1.82) is 0 Å².